The van der Waals surface area contributed by atoms with Crippen LogP contribution in [0.3, 0.4) is 0 Å². The minimum Gasteiger partial charge on any atom is -0.353 e. The fourth-order valence-corrected chi connectivity index (χ4v) is 5.22. The molecular formula is C30H30ClN5O2. The number of aryl methyl sites for hydroxylation is 1. The third-order valence-electron chi connectivity index (χ3n) is 6.94. The van der Waals surface area contributed by atoms with Gasteiger partial charge >= 0.3 is 0 Å². The van der Waals surface area contributed by atoms with E-state index in [0.29, 0.717) is 17.5 Å². The first-order chi connectivity index (χ1) is 18.7. The molecule has 0 spiro atoms. The Morgan fingerprint density at radius 3 is 2.55 bits per heavy atom. The van der Waals surface area contributed by atoms with Gasteiger partial charge in [-0.2, -0.15) is 5.10 Å². The van der Waals surface area contributed by atoms with E-state index in [-0.39, 0.29) is 12.4 Å². The summed E-state index contributed by atoms with van der Waals surface area (Å²) in [5.41, 5.74) is 5.00. The van der Waals surface area contributed by atoms with Crippen LogP contribution in [-0.2, 0) is 15.9 Å². The van der Waals surface area contributed by atoms with Crippen molar-refractivity contribution in [2.45, 2.75) is 45.0 Å². The number of rotatable bonds is 7. The van der Waals surface area contributed by atoms with E-state index < -0.39 is 0 Å². The van der Waals surface area contributed by atoms with E-state index in [4.69, 9.17) is 26.2 Å². The minimum absolute atomic E-state index is 0.178. The molecule has 1 aromatic heterocycles. The molecule has 0 amide bonds. The van der Waals surface area contributed by atoms with Crippen molar-refractivity contribution in [3.63, 3.8) is 0 Å². The standard InChI is InChI=1S/C30H30ClN5O2/c1-21-32-33-30-35(20-25(19-22-9-3-2-4-10-22)38-28-13-7-8-18-37-28)34-29(23-14-16-24(31)17-15-23)26-11-5-6-12-27(26)36(21)30/h2-6,9-12,14-17,25,28H,7-8,13,18-20H2,1H3. The fourth-order valence-electron chi connectivity index (χ4n) is 5.09. The Morgan fingerprint density at radius 1 is 0.974 bits per heavy atom. The summed E-state index contributed by atoms with van der Waals surface area (Å²) in [5.74, 6) is 1.45. The van der Waals surface area contributed by atoms with Gasteiger partial charge in [-0.05, 0) is 49.9 Å². The first-order valence-corrected chi connectivity index (χ1v) is 13.5. The molecule has 2 aliphatic rings. The number of hydrogen-bond acceptors (Lipinski definition) is 6. The molecule has 0 N–H and O–H groups in total. The number of hydrazone groups is 1. The Hall–Kier alpha value is -3.52. The van der Waals surface area contributed by atoms with Gasteiger partial charge in [-0.15, -0.1) is 10.2 Å². The van der Waals surface area contributed by atoms with Gasteiger partial charge in [0.1, 0.15) is 11.5 Å². The Balaban J connectivity index is 1.42. The molecule has 2 aliphatic heterocycles. The molecule has 1 saturated heterocycles. The maximum atomic E-state index is 6.59. The van der Waals surface area contributed by atoms with Crippen LogP contribution in [-0.4, -0.2) is 46.0 Å². The zero-order valence-corrected chi connectivity index (χ0v) is 22.1. The predicted octanol–water partition coefficient (Wildman–Crippen LogP) is 5.96. The summed E-state index contributed by atoms with van der Waals surface area (Å²) in [6.45, 7) is 3.18. The molecule has 0 bridgehead atoms. The summed E-state index contributed by atoms with van der Waals surface area (Å²) in [7, 11) is 0. The number of para-hydroxylation sites is 1. The molecule has 3 heterocycles. The Morgan fingerprint density at radius 2 is 1.76 bits per heavy atom. The van der Waals surface area contributed by atoms with Crippen LogP contribution >= 0.6 is 11.6 Å². The second-order valence-electron chi connectivity index (χ2n) is 9.68. The van der Waals surface area contributed by atoms with E-state index in [1.54, 1.807) is 0 Å². The summed E-state index contributed by atoms with van der Waals surface area (Å²) < 4.78 is 14.6. The monoisotopic (exact) mass is 527 g/mol. The van der Waals surface area contributed by atoms with Gasteiger partial charge in [-0.1, -0.05) is 72.3 Å². The summed E-state index contributed by atoms with van der Waals surface area (Å²) in [4.78, 5) is 0. The van der Waals surface area contributed by atoms with Crippen molar-refractivity contribution in [1.29, 1.82) is 0 Å². The Kier molecular flexibility index (Phi) is 7.22. The maximum absolute atomic E-state index is 6.59. The van der Waals surface area contributed by atoms with Crippen LogP contribution < -0.4 is 5.01 Å². The molecule has 2 unspecified atom stereocenters. The van der Waals surface area contributed by atoms with Crippen LogP contribution in [0.25, 0.3) is 5.69 Å². The van der Waals surface area contributed by atoms with Crippen LogP contribution in [0.15, 0.2) is 84.0 Å². The van der Waals surface area contributed by atoms with E-state index in [2.05, 4.69) is 51.2 Å². The average Bonchev–Trinajstić information content (AvgIpc) is 3.27. The van der Waals surface area contributed by atoms with Crippen molar-refractivity contribution in [1.82, 2.24) is 14.8 Å². The first-order valence-electron chi connectivity index (χ1n) is 13.1. The van der Waals surface area contributed by atoms with Crippen molar-refractivity contribution in [2.24, 2.45) is 5.10 Å². The van der Waals surface area contributed by atoms with E-state index in [1.165, 1.54) is 5.56 Å². The maximum Gasteiger partial charge on any atom is 0.252 e. The lowest BCUT2D eigenvalue weighted by Gasteiger charge is -2.30. The molecule has 8 heteroatoms. The molecule has 0 saturated carbocycles. The van der Waals surface area contributed by atoms with Crippen LogP contribution in [0, 0.1) is 6.92 Å². The van der Waals surface area contributed by atoms with Gasteiger partial charge in [0.15, 0.2) is 6.29 Å². The highest BCUT2D eigenvalue weighted by Gasteiger charge is 2.29. The predicted molar refractivity (Wildman–Crippen MR) is 149 cm³/mol. The molecule has 3 aromatic carbocycles. The van der Waals surface area contributed by atoms with E-state index in [1.807, 2.05) is 54.4 Å². The smallest absolute Gasteiger partial charge is 0.252 e. The van der Waals surface area contributed by atoms with Crippen LogP contribution in [0.4, 0.5) is 5.95 Å². The summed E-state index contributed by atoms with van der Waals surface area (Å²) in [6.07, 6.45) is 3.40. The third kappa shape index (κ3) is 5.23. The zero-order chi connectivity index (χ0) is 25.9. The van der Waals surface area contributed by atoms with Crippen molar-refractivity contribution >= 4 is 23.3 Å². The lowest BCUT2D eigenvalue weighted by Crippen LogP contribution is -2.38. The number of nitrogens with zero attached hydrogens (tertiary/aromatic N) is 5. The molecule has 0 aliphatic carbocycles. The summed E-state index contributed by atoms with van der Waals surface area (Å²) in [6, 6.07) is 26.4. The van der Waals surface area contributed by atoms with E-state index in [9.17, 15) is 0 Å². The van der Waals surface area contributed by atoms with E-state index >= 15 is 0 Å². The number of anilines is 1. The molecular weight excluding hydrogens is 498 g/mol. The number of benzene rings is 3. The molecule has 194 valence electrons. The van der Waals surface area contributed by atoms with Gasteiger partial charge in [-0.3, -0.25) is 4.57 Å². The molecule has 7 nitrogen and oxygen atoms in total. The Bertz CT molecular complexity index is 1410. The normalized spacial score (nSPS) is 17.8. The number of ether oxygens (including phenoxy) is 2. The highest BCUT2D eigenvalue weighted by Crippen LogP contribution is 2.31. The summed E-state index contributed by atoms with van der Waals surface area (Å²) >= 11 is 6.23. The van der Waals surface area contributed by atoms with Crippen LogP contribution in [0.1, 0.15) is 41.8 Å². The number of aromatic nitrogens is 3. The first kappa shape index (κ1) is 24.8. The number of halogens is 1. The van der Waals surface area contributed by atoms with Gasteiger partial charge in [0.25, 0.3) is 5.95 Å². The lowest BCUT2D eigenvalue weighted by atomic mass is 10.0. The molecule has 0 radical (unpaired) electrons. The van der Waals surface area contributed by atoms with Crippen molar-refractivity contribution in [3.8, 4) is 5.69 Å². The zero-order valence-electron chi connectivity index (χ0n) is 21.3. The minimum atomic E-state index is -0.221. The average molecular weight is 528 g/mol. The molecule has 4 aromatic rings. The summed E-state index contributed by atoms with van der Waals surface area (Å²) in [5, 5.41) is 16.8. The van der Waals surface area contributed by atoms with Gasteiger partial charge in [-0.25, -0.2) is 5.01 Å². The quantitative estimate of drug-likeness (QED) is 0.297. The second kappa shape index (κ2) is 11.1. The van der Waals surface area contributed by atoms with Gasteiger partial charge in [0, 0.05) is 29.2 Å². The molecule has 38 heavy (non-hydrogen) atoms. The number of fused-ring (bicyclic) bond motifs is 3. The SMILES string of the molecule is Cc1nnc2n1-c1ccccc1C(c1ccc(Cl)cc1)=NN2CC(Cc1ccccc1)OC1CCCCO1. The van der Waals surface area contributed by atoms with Crippen LogP contribution in [0.2, 0.25) is 5.02 Å². The van der Waals surface area contributed by atoms with Crippen molar-refractivity contribution < 1.29 is 9.47 Å². The lowest BCUT2D eigenvalue weighted by molar-refractivity contribution is -0.185. The van der Waals surface area contributed by atoms with Gasteiger partial charge in [0.2, 0.25) is 0 Å². The molecule has 2 atom stereocenters. The van der Waals surface area contributed by atoms with Crippen molar-refractivity contribution in [3.05, 3.63) is 106 Å². The van der Waals surface area contributed by atoms with Gasteiger partial charge in [0.05, 0.1) is 18.3 Å². The molecule has 6 rings (SSSR count). The van der Waals surface area contributed by atoms with Crippen LogP contribution in [0.5, 0.6) is 0 Å². The number of hydrogen-bond donors (Lipinski definition) is 0. The highest BCUT2D eigenvalue weighted by molar-refractivity contribution is 6.30. The largest absolute Gasteiger partial charge is 0.353 e. The topological polar surface area (TPSA) is 64.8 Å². The fraction of sp³-hybridized carbons (Fsp3) is 0.300. The van der Waals surface area contributed by atoms with Crippen molar-refractivity contribution in [2.75, 3.05) is 18.2 Å². The van der Waals surface area contributed by atoms with E-state index in [0.717, 1.165) is 60.6 Å². The highest BCUT2D eigenvalue weighted by atomic mass is 35.5. The van der Waals surface area contributed by atoms with Gasteiger partial charge < -0.3 is 9.47 Å². The third-order valence-corrected chi connectivity index (χ3v) is 7.19. The Labute approximate surface area is 227 Å². The second-order valence-corrected chi connectivity index (χ2v) is 10.1. The molecule has 1 fully saturated rings.